The second-order valence-corrected chi connectivity index (χ2v) is 9.16. The number of carbonyl (C=O) groups excluding carboxylic acids is 1. The molecule has 34 heavy (non-hydrogen) atoms. The number of sulfonamides is 1. The van der Waals surface area contributed by atoms with Crippen molar-refractivity contribution in [1.29, 1.82) is 0 Å². The first-order valence-corrected chi connectivity index (χ1v) is 11.9. The fraction of sp³-hybridized carbons (Fsp3) is 0.0870. The topological polar surface area (TPSA) is 139 Å². The summed E-state index contributed by atoms with van der Waals surface area (Å²) in [5.41, 5.74) is 0.154. The molecule has 0 bridgehead atoms. The number of amides is 1. The lowest BCUT2D eigenvalue weighted by atomic mass is 10.1. The molecule has 1 aromatic heterocycles. The molecule has 3 aromatic carbocycles. The Morgan fingerprint density at radius 3 is 2.41 bits per heavy atom. The van der Waals surface area contributed by atoms with Crippen LogP contribution in [0, 0.1) is 0 Å². The molecule has 10 nitrogen and oxygen atoms in total. The molecule has 4 aromatic rings. The molecule has 0 aliphatic rings. The van der Waals surface area contributed by atoms with Crippen LogP contribution in [0.25, 0.3) is 16.6 Å². The van der Waals surface area contributed by atoms with Crippen molar-refractivity contribution >= 4 is 38.2 Å². The summed E-state index contributed by atoms with van der Waals surface area (Å²) >= 11 is 0. The van der Waals surface area contributed by atoms with E-state index in [-0.39, 0.29) is 27.9 Å². The maximum absolute atomic E-state index is 12.9. The Labute approximate surface area is 193 Å². The Balaban J connectivity index is 1.67. The number of anilines is 2. The van der Waals surface area contributed by atoms with Crippen molar-refractivity contribution in [2.75, 3.05) is 23.4 Å². The molecule has 174 valence electrons. The van der Waals surface area contributed by atoms with E-state index in [2.05, 4.69) is 15.0 Å². The number of H-pyrrole nitrogens is 1. The van der Waals surface area contributed by atoms with Crippen molar-refractivity contribution in [2.45, 2.75) is 0 Å². The first kappa shape index (κ1) is 22.8. The second-order valence-electron chi connectivity index (χ2n) is 7.41. The van der Waals surface area contributed by atoms with E-state index in [4.69, 9.17) is 4.74 Å². The highest BCUT2D eigenvalue weighted by Crippen LogP contribution is 2.29. The molecule has 0 saturated heterocycles. The van der Waals surface area contributed by atoms with Crippen LogP contribution >= 0.6 is 0 Å². The fourth-order valence-corrected chi connectivity index (χ4v) is 4.00. The minimum absolute atomic E-state index is 0.159. The predicted octanol–water partition coefficient (Wildman–Crippen LogP) is 2.31. The normalized spacial score (nSPS) is 11.2. The van der Waals surface area contributed by atoms with Gasteiger partial charge in [0.2, 0.25) is 10.0 Å². The number of benzene rings is 3. The predicted molar refractivity (Wildman–Crippen MR) is 130 cm³/mol. The highest BCUT2D eigenvalue weighted by molar-refractivity contribution is 7.92. The molecule has 0 unspecified atom stereocenters. The number of ether oxygens (including phenoxy) is 1. The third-order valence-corrected chi connectivity index (χ3v) is 5.52. The summed E-state index contributed by atoms with van der Waals surface area (Å²) in [6.45, 7) is 0. The molecule has 0 fully saturated rings. The van der Waals surface area contributed by atoms with Gasteiger partial charge in [-0.2, -0.15) is 0 Å². The lowest BCUT2D eigenvalue weighted by Crippen LogP contribution is -2.33. The van der Waals surface area contributed by atoms with Crippen molar-refractivity contribution < 1.29 is 17.9 Å². The van der Waals surface area contributed by atoms with Crippen LogP contribution in [0.5, 0.6) is 5.75 Å². The van der Waals surface area contributed by atoms with Crippen molar-refractivity contribution in [3.63, 3.8) is 0 Å². The summed E-state index contributed by atoms with van der Waals surface area (Å²) in [6.07, 6.45) is 0.999. The number of methoxy groups -OCH3 is 1. The smallest absolute Gasteiger partial charge is 0.333 e. The Bertz CT molecular complexity index is 1630. The van der Waals surface area contributed by atoms with Crippen LogP contribution < -0.4 is 26.0 Å². The summed E-state index contributed by atoms with van der Waals surface area (Å²) in [6, 6.07) is 17.3. The third-order valence-electron chi connectivity index (χ3n) is 4.93. The van der Waals surface area contributed by atoms with E-state index in [0.717, 1.165) is 10.8 Å². The maximum Gasteiger partial charge on any atom is 0.333 e. The minimum atomic E-state index is -3.57. The zero-order valence-electron chi connectivity index (χ0n) is 18.2. The number of nitrogens with zero attached hydrogens (tertiary/aromatic N) is 1. The summed E-state index contributed by atoms with van der Waals surface area (Å²) < 4.78 is 31.7. The maximum atomic E-state index is 12.9. The van der Waals surface area contributed by atoms with E-state index in [1.54, 1.807) is 36.4 Å². The van der Waals surface area contributed by atoms with Crippen molar-refractivity contribution in [3.05, 3.63) is 93.1 Å². The zero-order valence-corrected chi connectivity index (χ0v) is 19.0. The van der Waals surface area contributed by atoms with Gasteiger partial charge in [0.15, 0.2) is 0 Å². The molecule has 0 radical (unpaired) electrons. The zero-order chi connectivity index (χ0) is 24.5. The number of aromatic nitrogens is 2. The third kappa shape index (κ3) is 4.69. The average Bonchev–Trinajstić information content (AvgIpc) is 2.78. The first-order chi connectivity index (χ1) is 16.2. The van der Waals surface area contributed by atoms with E-state index >= 15 is 0 Å². The molecule has 0 saturated carbocycles. The van der Waals surface area contributed by atoms with Gasteiger partial charge < -0.3 is 15.0 Å². The van der Waals surface area contributed by atoms with Crippen LogP contribution in [0.1, 0.15) is 10.4 Å². The minimum Gasteiger partial charge on any atom is -0.495 e. The monoisotopic (exact) mass is 480 g/mol. The van der Waals surface area contributed by atoms with Gasteiger partial charge in [0.25, 0.3) is 11.5 Å². The number of hydrogen-bond acceptors (Lipinski definition) is 6. The molecular formula is C23H20N4O6S. The molecule has 3 N–H and O–H groups in total. The van der Waals surface area contributed by atoms with Gasteiger partial charge in [0.05, 0.1) is 35.6 Å². The SMILES string of the molecule is COc1ccc(NC(=O)c2ccc3c(=O)n(-c4ccccc4)c(=O)[nH]c3c2)cc1NS(C)(=O)=O. The van der Waals surface area contributed by atoms with Gasteiger partial charge in [-0.25, -0.2) is 17.8 Å². The lowest BCUT2D eigenvalue weighted by molar-refractivity contribution is 0.102. The molecule has 0 aliphatic carbocycles. The number of para-hydroxylation sites is 1. The number of fused-ring (bicyclic) bond motifs is 1. The molecular weight excluding hydrogens is 460 g/mol. The van der Waals surface area contributed by atoms with Crippen LogP contribution in [0.4, 0.5) is 11.4 Å². The Morgan fingerprint density at radius 1 is 1.00 bits per heavy atom. The van der Waals surface area contributed by atoms with Gasteiger partial charge in [-0.1, -0.05) is 18.2 Å². The quantitative estimate of drug-likeness (QED) is 0.387. The number of nitrogens with one attached hydrogen (secondary N) is 3. The summed E-state index contributed by atoms with van der Waals surface area (Å²) in [5, 5.41) is 2.90. The van der Waals surface area contributed by atoms with Crippen molar-refractivity contribution in [3.8, 4) is 11.4 Å². The van der Waals surface area contributed by atoms with Crippen molar-refractivity contribution in [2.24, 2.45) is 0 Å². The van der Waals surface area contributed by atoms with Crippen molar-refractivity contribution in [1.82, 2.24) is 9.55 Å². The molecule has 0 aliphatic heterocycles. The van der Waals surface area contributed by atoms with E-state index in [1.807, 2.05) is 0 Å². The Hall–Kier alpha value is -4.38. The van der Waals surface area contributed by atoms with E-state index < -0.39 is 27.2 Å². The number of carbonyl (C=O) groups is 1. The van der Waals surface area contributed by atoms with E-state index in [1.165, 1.54) is 37.4 Å². The van der Waals surface area contributed by atoms with Crippen LogP contribution in [0.15, 0.2) is 76.3 Å². The van der Waals surface area contributed by atoms with Gasteiger partial charge in [-0.05, 0) is 48.5 Å². The van der Waals surface area contributed by atoms with Gasteiger partial charge in [0, 0.05) is 11.3 Å². The van der Waals surface area contributed by atoms with Crippen LogP contribution in [0.3, 0.4) is 0 Å². The highest BCUT2D eigenvalue weighted by Gasteiger charge is 2.14. The Morgan fingerprint density at radius 2 is 1.74 bits per heavy atom. The molecule has 1 amide bonds. The molecule has 0 atom stereocenters. The molecule has 1 heterocycles. The van der Waals surface area contributed by atoms with Gasteiger partial charge in [-0.3, -0.25) is 14.3 Å². The van der Waals surface area contributed by atoms with E-state index in [0.29, 0.717) is 11.4 Å². The molecule has 4 rings (SSSR count). The van der Waals surface area contributed by atoms with Crippen LogP contribution in [-0.4, -0.2) is 37.2 Å². The standard InChI is InChI=1S/C23H20N4O6S/c1-33-20-11-9-15(13-19(20)26-34(2,31)32)24-21(28)14-8-10-17-18(12-14)25-23(30)27(22(17)29)16-6-4-3-5-7-16/h3-13,26H,1-2H3,(H,24,28)(H,25,30). The van der Waals surface area contributed by atoms with Gasteiger partial charge in [0.1, 0.15) is 5.75 Å². The molecule has 0 spiro atoms. The van der Waals surface area contributed by atoms with E-state index in [9.17, 15) is 22.8 Å². The van der Waals surface area contributed by atoms with Crippen LogP contribution in [-0.2, 0) is 10.0 Å². The fourth-order valence-electron chi connectivity index (χ4n) is 3.44. The number of hydrogen-bond donors (Lipinski definition) is 3. The second kappa shape index (κ2) is 8.87. The first-order valence-electron chi connectivity index (χ1n) is 9.98. The lowest BCUT2D eigenvalue weighted by Gasteiger charge is -2.13. The number of aromatic amines is 1. The largest absolute Gasteiger partial charge is 0.495 e. The highest BCUT2D eigenvalue weighted by atomic mass is 32.2. The summed E-state index contributed by atoms with van der Waals surface area (Å²) in [7, 11) is -2.18. The van der Waals surface area contributed by atoms with Gasteiger partial charge in [-0.15, -0.1) is 0 Å². The Kier molecular flexibility index (Phi) is 5.95. The molecule has 11 heteroatoms. The number of rotatable bonds is 6. The van der Waals surface area contributed by atoms with Crippen LogP contribution in [0.2, 0.25) is 0 Å². The average molecular weight is 481 g/mol. The summed E-state index contributed by atoms with van der Waals surface area (Å²) in [4.78, 5) is 40.9. The van der Waals surface area contributed by atoms with Gasteiger partial charge >= 0.3 is 5.69 Å². The summed E-state index contributed by atoms with van der Waals surface area (Å²) in [5.74, 6) is -0.244.